The summed E-state index contributed by atoms with van der Waals surface area (Å²) < 4.78 is 6.18. The monoisotopic (exact) mass is 308 g/mol. The van der Waals surface area contributed by atoms with Gasteiger partial charge in [-0.3, -0.25) is 9.69 Å². The highest BCUT2D eigenvalue weighted by Gasteiger charge is 2.41. The SMILES string of the molecule is CN1C[C@@H]2C[C@H]1C(=O)N(Cc1ccccc1)c1ccccc1O2. The van der Waals surface area contributed by atoms with Crippen molar-refractivity contribution in [3.63, 3.8) is 0 Å². The number of carbonyl (C=O) groups is 1. The molecule has 0 N–H and O–H groups in total. The van der Waals surface area contributed by atoms with Gasteiger partial charge in [0.2, 0.25) is 5.91 Å². The number of rotatable bonds is 2. The van der Waals surface area contributed by atoms with Crippen LogP contribution in [0.2, 0.25) is 0 Å². The van der Waals surface area contributed by atoms with Crippen molar-refractivity contribution in [1.82, 2.24) is 4.90 Å². The van der Waals surface area contributed by atoms with E-state index in [1.165, 1.54) is 0 Å². The van der Waals surface area contributed by atoms with Gasteiger partial charge in [-0.25, -0.2) is 0 Å². The second-order valence-corrected chi connectivity index (χ2v) is 6.31. The van der Waals surface area contributed by atoms with E-state index >= 15 is 0 Å². The zero-order valence-corrected chi connectivity index (χ0v) is 13.2. The van der Waals surface area contributed by atoms with E-state index in [4.69, 9.17) is 4.74 Å². The van der Waals surface area contributed by atoms with Crippen LogP contribution in [0, 0.1) is 0 Å². The van der Waals surface area contributed by atoms with E-state index in [0.29, 0.717) is 6.54 Å². The highest BCUT2D eigenvalue weighted by Crippen LogP contribution is 2.36. The number of likely N-dealkylation sites (N-methyl/N-ethyl adjacent to an activating group) is 1. The van der Waals surface area contributed by atoms with Gasteiger partial charge in [0, 0.05) is 13.0 Å². The molecule has 2 aliphatic rings. The summed E-state index contributed by atoms with van der Waals surface area (Å²) in [7, 11) is 2.00. The van der Waals surface area contributed by atoms with E-state index in [9.17, 15) is 4.79 Å². The molecule has 2 heterocycles. The first-order valence-electron chi connectivity index (χ1n) is 8.03. The van der Waals surface area contributed by atoms with Crippen LogP contribution in [-0.4, -0.2) is 36.5 Å². The van der Waals surface area contributed by atoms with Gasteiger partial charge in [-0.05, 0) is 24.7 Å². The summed E-state index contributed by atoms with van der Waals surface area (Å²) in [4.78, 5) is 17.1. The number of hydrogen-bond donors (Lipinski definition) is 0. The molecule has 1 fully saturated rings. The van der Waals surface area contributed by atoms with Crippen LogP contribution in [-0.2, 0) is 11.3 Å². The molecular weight excluding hydrogens is 288 g/mol. The highest BCUT2D eigenvalue weighted by molar-refractivity contribution is 5.99. The van der Waals surface area contributed by atoms with Crippen molar-refractivity contribution in [1.29, 1.82) is 0 Å². The van der Waals surface area contributed by atoms with Gasteiger partial charge in [-0.2, -0.15) is 0 Å². The maximum atomic E-state index is 13.2. The largest absolute Gasteiger partial charge is 0.487 e. The summed E-state index contributed by atoms with van der Waals surface area (Å²) in [6.07, 6.45) is 0.851. The van der Waals surface area contributed by atoms with Gasteiger partial charge in [0.25, 0.3) is 0 Å². The lowest BCUT2D eigenvalue weighted by molar-refractivity contribution is -0.122. The van der Waals surface area contributed by atoms with E-state index < -0.39 is 0 Å². The van der Waals surface area contributed by atoms with E-state index in [1.54, 1.807) is 0 Å². The molecule has 2 aromatic rings. The first-order chi connectivity index (χ1) is 11.2. The van der Waals surface area contributed by atoms with Crippen LogP contribution in [0.5, 0.6) is 5.75 Å². The summed E-state index contributed by atoms with van der Waals surface area (Å²) in [6, 6.07) is 17.9. The van der Waals surface area contributed by atoms with Crippen molar-refractivity contribution < 1.29 is 9.53 Å². The summed E-state index contributed by atoms with van der Waals surface area (Å²) in [5.74, 6) is 0.963. The summed E-state index contributed by atoms with van der Waals surface area (Å²) in [6.45, 7) is 1.36. The molecule has 0 aliphatic carbocycles. The number of ether oxygens (including phenoxy) is 1. The Balaban J connectivity index is 1.76. The lowest BCUT2D eigenvalue weighted by Gasteiger charge is -2.31. The molecular formula is C19H20N2O2. The number of carbonyl (C=O) groups excluding carboxylic acids is 1. The number of fused-ring (bicyclic) bond motifs is 3. The minimum Gasteiger partial charge on any atom is -0.487 e. The molecule has 2 aromatic carbocycles. The molecule has 0 saturated carbocycles. The molecule has 0 spiro atoms. The Morgan fingerprint density at radius 1 is 1.09 bits per heavy atom. The fraction of sp³-hybridized carbons (Fsp3) is 0.316. The third-order valence-corrected chi connectivity index (χ3v) is 4.69. The molecule has 0 radical (unpaired) electrons. The number of likely N-dealkylation sites (tertiary alicyclic amines) is 1. The van der Waals surface area contributed by atoms with Gasteiger partial charge in [-0.15, -0.1) is 0 Å². The Bertz CT molecular complexity index is 716. The van der Waals surface area contributed by atoms with E-state index in [2.05, 4.69) is 17.0 Å². The molecule has 0 aromatic heterocycles. The molecule has 1 amide bonds. The van der Waals surface area contributed by atoms with E-state index in [-0.39, 0.29) is 18.1 Å². The van der Waals surface area contributed by atoms with Crippen molar-refractivity contribution in [2.24, 2.45) is 0 Å². The predicted molar refractivity (Wildman–Crippen MR) is 89.5 cm³/mol. The second kappa shape index (κ2) is 5.70. The van der Waals surface area contributed by atoms with Gasteiger partial charge in [0.05, 0.1) is 18.3 Å². The molecule has 4 heteroatoms. The second-order valence-electron chi connectivity index (χ2n) is 6.31. The lowest BCUT2D eigenvalue weighted by Crippen LogP contribution is -2.44. The lowest BCUT2D eigenvalue weighted by atomic mass is 10.1. The fourth-order valence-corrected chi connectivity index (χ4v) is 3.51. The van der Waals surface area contributed by atoms with Crippen LogP contribution in [0.3, 0.4) is 0 Å². The highest BCUT2D eigenvalue weighted by atomic mass is 16.5. The Morgan fingerprint density at radius 3 is 2.65 bits per heavy atom. The van der Waals surface area contributed by atoms with Crippen molar-refractivity contribution >= 4 is 11.6 Å². The minimum absolute atomic E-state index is 0.0916. The quantitative estimate of drug-likeness (QED) is 0.855. The van der Waals surface area contributed by atoms with Crippen molar-refractivity contribution in [3.05, 3.63) is 60.2 Å². The Labute approximate surface area is 136 Å². The summed E-state index contributed by atoms with van der Waals surface area (Å²) in [5.41, 5.74) is 1.99. The maximum Gasteiger partial charge on any atom is 0.244 e. The molecule has 23 heavy (non-hydrogen) atoms. The third kappa shape index (κ3) is 2.59. The van der Waals surface area contributed by atoms with E-state index in [1.807, 2.05) is 54.4 Å². The van der Waals surface area contributed by atoms with Gasteiger partial charge in [0.1, 0.15) is 11.9 Å². The first-order valence-corrected chi connectivity index (χ1v) is 8.03. The zero-order valence-electron chi connectivity index (χ0n) is 13.2. The number of benzene rings is 2. The standard InChI is InChI=1S/C19H20N2O2/c1-20-13-15-11-17(20)19(22)21(12-14-7-3-2-4-8-14)16-9-5-6-10-18(16)23-15/h2-10,15,17H,11-13H2,1H3/t15-,17-/m0/s1. The Morgan fingerprint density at radius 2 is 1.83 bits per heavy atom. The van der Waals surface area contributed by atoms with Crippen molar-refractivity contribution in [2.75, 3.05) is 18.5 Å². The molecule has 4 rings (SSSR count). The minimum atomic E-state index is -0.0999. The predicted octanol–water partition coefficient (Wildman–Crippen LogP) is 2.68. The third-order valence-electron chi connectivity index (χ3n) is 4.69. The van der Waals surface area contributed by atoms with Crippen molar-refractivity contribution in [3.8, 4) is 5.75 Å². The molecule has 0 unspecified atom stereocenters. The maximum absolute atomic E-state index is 13.2. The average molecular weight is 308 g/mol. The van der Waals surface area contributed by atoms with Crippen LogP contribution in [0.4, 0.5) is 5.69 Å². The topological polar surface area (TPSA) is 32.8 Å². The van der Waals surface area contributed by atoms with Crippen LogP contribution < -0.4 is 9.64 Å². The smallest absolute Gasteiger partial charge is 0.244 e. The van der Waals surface area contributed by atoms with Crippen LogP contribution in [0.15, 0.2) is 54.6 Å². The number of hydrogen-bond acceptors (Lipinski definition) is 3. The number of nitrogens with zero attached hydrogens (tertiary/aromatic N) is 2. The first kappa shape index (κ1) is 14.3. The molecule has 2 bridgehead atoms. The Kier molecular flexibility index (Phi) is 3.54. The van der Waals surface area contributed by atoms with Crippen LogP contribution in [0.1, 0.15) is 12.0 Å². The molecule has 2 atom stereocenters. The van der Waals surface area contributed by atoms with Crippen LogP contribution in [0.25, 0.3) is 0 Å². The van der Waals surface area contributed by atoms with E-state index in [0.717, 1.165) is 30.0 Å². The van der Waals surface area contributed by atoms with Crippen LogP contribution >= 0.6 is 0 Å². The Hall–Kier alpha value is -2.33. The van der Waals surface area contributed by atoms with Gasteiger partial charge >= 0.3 is 0 Å². The average Bonchev–Trinajstić information content (AvgIpc) is 2.94. The fourth-order valence-electron chi connectivity index (χ4n) is 3.51. The normalized spacial score (nSPS) is 23.9. The molecule has 4 nitrogen and oxygen atoms in total. The summed E-state index contributed by atoms with van der Waals surface area (Å²) >= 11 is 0. The van der Waals surface area contributed by atoms with Gasteiger partial charge in [-0.1, -0.05) is 42.5 Å². The number of anilines is 1. The van der Waals surface area contributed by atoms with Crippen molar-refractivity contribution in [2.45, 2.75) is 25.1 Å². The molecule has 118 valence electrons. The number of amides is 1. The number of para-hydroxylation sites is 2. The molecule has 1 saturated heterocycles. The molecule has 2 aliphatic heterocycles. The van der Waals surface area contributed by atoms with Gasteiger partial charge < -0.3 is 9.64 Å². The summed E-state index contributed by atoms with van der Waals surface area (Å²) in [5, 5.41) is 0. The van der Waals surface area contributed by atoms with Gasteiger partial charge in [0.15, 0.2) is 0 Å². The zero-order chi connectivity index (χ0) is 15.8.